The van der Waals surface area contributed by atoms with Gasteiger partial charge in [-0.25, -0.2) is 0 Å². The van der Waals surface area contributed by atoms with Crippen molar-refractivity contribution < 1.29 is 13.0 Å². The molecule has 0 aromatic rings. The first kappa shape index (κ1) is 11.1. The van der Waals surface area contributed by atoms with Gasteiger partial charge in [-0.1, -0.05) is 6.58 Å². The van der Waals surface area contributed by atoms with Crippen molar-refractivity contribution in [3.05, 3.63) is 12.0 Å². The van der Waals surface area contributed by atoms with Gasteiger partial charge in [0.15, 0.2) is 0 Å². The third-order valence-electron chi connectivity index (χ3n) is 0.211. The second-order valence-corrected chi connectivity index (χ2v) is 2.04. The second kappa shape index (κ2) is 4.19. The van der Waals surface area contributed by atoms with Crippen molar-refractivity contribution in [1.82, 2.24) is 0 Å². The van der Waals surface area contributed by atoms with Gasteiger partial charge in [-0.05, 0) is 0 Å². The quantitative estimate of drug-likeness (QED) is 0.407. The molecule has 37 valence electrons. The Morgan fingerprint density at radius 3 is 1.71 bits per heavy atom. The van der Waals surface area contributed by atoms with Crippen molar-refractivity contribution in [3.8, 4) is 0 Å². The van der Waals surface area contributed by atoms with E-state index in [2.05, 4.69) is 6.58 Å². The zero-order chi connectivity index (χ0) is 5.21. The summed E-state index contributed by atoms with van der Waals surface area (Å²) < 4.78 is 26.6. The first-order valence-electron chi connectivity index (χ1n) is 1.16. The minimum Gasteiger partial charge on any atom is -0.282 e. The van der Waals surface area contributed by atoms with Crippen LogP contribution in [0.4, 0.5) is 0 Å². The van der Waals surface area contributed by atoms with Crippen LogP contribution in [0.25, 0.3) is 0 Å². The Balaban J connectivity index is 0. The van der Waals surface area contributed by atoms with E-state index in [9.17, 15) is 8.42 Å². The van der Waals surface area contributed by atoms with E-state index in [1.807, 2.05) is 0 Å². The van der Waals surface area contributed by atoms with E-state index in [1.54, 1.807) is 0 Å². The van der Waals surface area contributed by atoms with Crippen LogP contribution < -0.4 is 0 Å². The molecule has 1 radical (unpaired) electrons. The average molecular weight is 147 g/mol. The predicted molar refractivity (Wildman–Crippen MR) is 27.5 cm³/mol. The summed E-state index contributed by atoms with van der Waals surface area (Å²) in [5, 5.41) is 0.465. The maximum absolute atomic E-state index is 9.44. The Kier molecular flexibility index (Phi) is 6.67. The molecule has 0 fully saturated rings. The number of hydrogen-bond donors (Lipinski definition) is 1. The standard InChI is InChI=1S/C2H4O3S.K/c1-2-6(3,4)5;/h2H,1H2,(H,3,4,5);. The molecule has 0 amide bonds. The summed E-state index contributed by atoms with van der Waals surface area (Å²) >= 11 is 0. The van der Waals surface area contributed by atoms with Gasteiger partial charge in [0.2, 0.25) is 0 Å². The first-order chi connectivity index (χ1) is 2.56. The fourth-order valence-electron chi connectivity index (χ4n) is 0. The molecular formula is C2H4KO3S. The molecule has 1 N–H and O–H groups in total. The first-order valence-corrected chi connectivity index (χ1v) is 2.66. The minimum atomic E-state index is -3.90. The number of hydrogen-bond acceptors (Lipinski definition) is 2. The predicted octanol–water partition coefficient (Wildman–Crippen LogP) is -0.363. The zero-order valence-electron chi connectivity index (χ0n) is 3.96. The summed E-state index contributed by atoms with van der Waals surface area (Å²) in [7, 11) is -3.90. The van der Waals surface area contributed by atoms with Gasteiger partial charge in [0.05, 0.1) is 5.41 Å². The molecule has 0 spiro atoms. The Morgan fingerprint density at radius 1 is 1.57 bits per heavy atom. The fourth-order valence-corrected chi connectivity index (χ4v) is 0. The fraction of sp³-hybridized carbons (Fsp3) is 0. The van der Waals surface area contributed by atoms with Crippen LogP contribution in [0, 0.1) is 0 Å². The van der Waals surface area contributed by atoms with E-state index in [0.717, 1.165) is 0 Å². The molecule has 0 saturated carbocycles. The van der Waals surface area contributed by atoms with Crippen LogP contribution in [0.2, 0.25) is 0 Å². The van der Waals surface area contributed by atoms with Gasteiger partial charge in [-0.15, -0.1) is 0 Å². The van der Waals surface area contributed by atoms with Crippen molar-refractivity contribution in [2.24, 2.45) is 0 Å². The third-order valence-corrected chi connectivity index (χ3v) is 0.632. The molecule has 0 heterocycles. The normalized spacial score (nSPS) is 9.29. The Morgan fingerprint density at radius 2 is 1.71 bits per heavy atom. The van der Waals surface area contributed by atoms with Crippen molar-refractivity contribution in [2.75, 3.05) is 0 Å². The van der Waals surface area contributed by atoms with Crippen LogP contribution in [-0.2, 0) is 10.1 Å². The molecule has 0 aliphatic rings. The van der Waals surface area contributed by atoms with E-state index >= 15 is 0 Å². The molecule has 0 aliphatic heterocycles. The van der Waals surface area contributed by atoms with E-state index in [4.69, 9.17) is 4.55 Å². The smallest absolute Gasteiger partial charge is 0.282 e. The number of rotatable bonds is 1. The zero-order valence-corrected chi connectivity index (χ0v) is 7.90. The molecule has 0 rings (SSSR count). The van der Waals surface area contributed by atoms with Gasteiger partial charge in [-0.3, -0.25) is 4.55 Å². The van der Waals surface area contributed by atoms with E-state index < -0.39 is 10.1 Å². The molecule has 0 aromatic carbocycles. The van der Waals surface area contributed by atoms with Gasteiger partial charge in [0, 0.05) is 51.4 Å². The molecule has 0 saturated heterocycles. The summed E-state index contributed by atoms with van der Waals surface area (Å²) in [5.74, 6) is 0. The van der Waals surface area contributed by atoms with Crippen LogP contribution in [0.5, 0.6) is 0 Å². The summed E-state index contributed by atoms with van der Waals surface area (Å²) in [6, 6.07) is 0. The molecule has 0 unspecified atom stereocenters. The largest absolute Gasteiger partial charge is 0.287 e. The monoisotopic (exact) mass is 147 g/mol. The minimum absolute atomic E-state index is 0. The van der Waals surface area contributed by atoms with E-state index in [-0.39, 0.29) is 51.4 Å². The van der Waals surface area contributed by atoms with E-state index in [1.165, 1.54) is 0 Å². The van der Waals surface area contributed by atoms with Gasteiger partial charge in [0.1, 0.15) is 0 Å². The van der Waals surface area contributed by atoms with Crippen LogP contribution >= 0.6 is 0 Å². The summed E-state index contributed by atoms with van der Waals surface area (Å²) in [4.78, 5) is 0. The molecule has 0 atom stereocenters. The summed E-state index contributed by atoms with van der Waals surface area (Å²) in [5.41, 5.74) is 0. The van der Waals surface area contributed by atoms with Crippen molar-refractivity contribution >= 4 is 61.5 Å². The van der Waals surface area contributed by atoms with Gasteiger partial charge in [-0.2, -0.15) is 8.42 Å². The Hall–Kier alpha value is 1.29. The van der Waals surface area contributed by atoms with Crippen LogP contribution in [-0.4, -0.2) is 64.4 Å². The third kappa shape index (κ3) is 11.1. The maximum atomic E-state index is 9.44. The summed E-state index contributed by atoms with van der Waals surface area (Å²) in [6.45, 7) is 2.79. The molecule has 0 aliphatic carbocycles. The molecule has 0 bridgehead atoms. The van der Waals surface area contributed by atoms with Crippen LogP contribution in [0.3, 0.4) is 0 Å². The molecule has 0 aromatic heterocycles. The van der Waals surface area contributed by atoms with Crippen molar-refractivity contribution in [1.29, 1.82) is 0 Å². The Labute approximate surface area is 85.0 Å². The van der Waals surface area contributed by atoms with Crippen LogP contribution in [0.15, 0.2) is 12.0 Å². The van der Waals surface area contributed by atoms with Crippen molar-refractivity contribution in [3.63, 3.8) is 0 Å². The molecule has 3 nitrogen and oxygen atoms in total. The topological polar surface area (TPSA) is 54.4 Å². The van der Waals surface area contributed by atoms with Crippen LogP contribution in [0.1, 0.15) is 0 Å². The van der Waals surface area contributed by atoms with Gasteiger partial charge in [0.25, 0.3) is 10.1 Å². The molecule has 7 heavy (non-hydrogen) atoms. The van der Waals surface area contributed by atoms with E-state index in [0.29, 0.717) is 5.41 Å². The maximum Gasteiger partial charge on any atom is 0.287 e. The average Bonchev–Trinajstić information content (AvgIpc) is 1.35. The van der Waals surface area contributed by atoms with Gasteiger partial charge >= 0.3 is 0 Å². The Bertz CT molecular complexity index is 123. The molecule has 5 heteroatoms. The second-order valence-electron chi connectivity index (χ2n) is 0.682. The van der Waals surface area contributed by atoms with Crippen molar-refractivity contribution in [2.45, 2.75) is 0 Å². The van der Waals surface area contributed by atoms with Gasteiger partial charge < -0.3 is 0 Å². The summed E-state index contributed by atoms with van der Waals surface area (Å²) in [6.07, 6.45) is 0. The molecular weight excluding hydrogens is 143 g/mol. The SMILES string of the molecule is C=CS(=O)(=O)O.[K].